The molecule has 1 unspecified atom stereocenters. The van der Waals surface area contributed by atoms with E-state index in [1.807, 2.05) is 6.07 Å². The van der Waals surface area contributed by atoms with Gasteiger partial charge >= 0.3 is 5.97 Å². The fourth-order valence-corrected chi connectivity index (χ4v) is 2.95. The van der Waals surface area contributed by atoms with E-state index in [4.69, 9.17) is 4.74 Å². The lowest BCUT2D eigenvalue weighted by Gasteiger charge is -2.05. The van der Waals surface area contributed by atoms with E-state index in [1.165, 1.54) is 39.0 Å². The SMILES string of the molecule is CCCCCCCCc1ccc2c(c1)C(=O)C(OC(C)=O)C2=O. The number of ether oxygens (including phenoxy) is 1. The number of benzene rings is 1. The van der Waals surface area contributed by atoms with Gasteiger partial charge in [0.25, 0.3) is 0 Å². The van der Waals surface area contributed by atoms with Crippen LogP contribution >= 0.6 is 0 Å². The summed E-state index contributed by atoms with van der Waals surface area (Å²) in [6.07, 6.45) is 6.92. The quantitative estimate of drug-likeness (QED) is 0.414. The van der Waals surface area contributed by atoms with Gasteiger partial charge in [-0.2, -0.15) is 0 Å². The van der Waals surface area contributed by atoms with Gasteiger partial charge in [0.05, 0.1) is 0 Å². The number of hydrogen-bond acceptors (Lipinski definition) is 4. The minimum Gasteiger partial charge on any atom is -0.446 e. The maximum Gasteiger partial charge on any atom is 0.303 e. The van der Waals surface area contributed by atoms with Crippen LogP contribution in [0.5, 0.6) is 0 Å². The van der Waals surface area contributed by atoms with Crippen LogP contribution in [0.4, 0.5) is 0 Å². The summed E-state index contributed by atoms with van der Waals surface area (Å²) in [4.78, 5) is 35.4. The van der Waals surface area contributed by atoms with E-state index in [1.54, 1.807) is 12.1 Å². The van der Waals surface area contributed by atoms with E-state index in [0.717, 1.165) is 18.4 Å². The zero-order valence-corrected chi connectivity index (χ0v) is 13.9. The Morgan fingerprint density at radius 1 is 1.00 bits per heavy atom. The fourth-order valence-electron chi connectivity index (χ4n) is 2.95. The molecule has 0 spiro atoms. The first-order chi connectivity index (χ1) is 11.0. The zero-order valence-electron chi connectivity index (χ0n) is 13.9. The Hall–Kier alpha value is -1.97. The highest BCUT2D eigenvalue weighted by Gasteiger charge is 2.40. The summed E-state index contributed by atoms with van der Waals surface area (Å²) in [5.41, 5.74) is 1.82. The average Bonchev–Trinajstić information content (AvgIpc) is 2.75. The number of aryl methyl sites for hydroxylation is 1. The minimum absolute atomic E-state index is 0.368. The van der Waals surface area contributed by atoms with Gasteiger partial charge in [-0.1, -0.05) is 51.2 Å². The minimum atomic E-state index is -1.29. The number of carbonyl (C=O) groups excluding carboxylic acids is 3. The van der Waals surface area contributed by atoms with Gasteiger partial charge in [-0.05, 0) is 24.5 Å². The third kappa shape index (κ3) is 4.27. The highest BCUT2D eigenvalue weighted by molar-refractivity contribution is 6.29. The molecule has 0 N–H and O–H groups in total. The van der Waals surface area contributed by atoms with Crippen LogP contribution < -0.4 is 0 Å². The van der Waals surface area contributed by atoms with Crippen molar-refractivity contribution in [2.75, 3.05) is 0 Å². The molecule has 1 aliphatic rings. The summed E-state index contributed by atoms with van der Waals surface area (Å²) < 4.78 is 4.86. The molecule has 2 rings (SSSR count). The van der Waals surface area contributed by atoms with Gasteiger partial charge in [-0.15, -0.1) is 0 Å². The molecule has 0 fully saturated rings. The molecule has 0 bridgehead atoms. The molecular weight excluding hydrogens is 292 g/mol. The van der Waals surface area contributed by atoms with E-state index in [9.17, 15) is 14.4 Å². The maximum atomic E-state index is 12.2. The number of hydrogen-bond donors (Lipinski definition) is 0. The van der Waals surface area contributed by atoms with E-state index in [-0.39, 0.29) is 0 Å². The normalized spacial score (nSPS) is 16.5. The van der Waals surface area contributed by atoms with Crippen molar-refractivity contribution in [3.05, 3.63) is 34.9 Å². The van der Waals surface area contributed by atoms with Gasteiger partial charge in [0.15, 0.2) is 0 Å². The van der Waals surface area contributed by atoms with Crippen molar-refractivity contribution in [2.24, 2.45) is 0 Å². The fraction of sp³-hybridized carbons (Fsp3) is 0.526. The number of ketones is 2. The number of Topliss-reactive ketones (excluding diaryl/α,β-unsaturated/α-hetero) is 2. The summed E-state index contributed by atoms with van der Waals surface area (Å²) in [5.74, 6) is -1.42. The molecule has 0 saturated carbocycles. The lowest BCUT2D eigenvalue weighted by molar-refractivity contribution is -0.142. The second kappa shape index (κ2) is 8.04. The number of fused-ring (bicyclic) bond motifs is 1. The molecule has 0 radical (unpaired) electrons. The lowest BCUT2D eigenvalue weighted by Crippen LogP contribution is -2.27. The van der Waals surface area contributed by atoms with Crippen molar-refractivity contribution in [1.29, 1.82) is 0 Å². The molecule has 0 aliphatic heterocycles. The van der Waals surface area contributed by atoms with Crippen molar-refractivity contribution in [2.45, 2.75) is 64.9 Å². The van der Waals surface area contributed by atoms with Crippen molar-refractivity contribution >= 4 is 17.5 Å². The molecular formula is C19H24O4. The Labute approximate surface area is 137 Å². The third-order valence-corrected chi connectivity index (χ3v) is 4.19. The number of carbonyl (C=O) groups is 3. The molecule has 0 heterocycles. The third-order valence-electron chi connectivity index (χ3n) is 4.19. The number of esters is 1. The second-order valence-electron chi connectivity index (χ2n) is 6.12. The summed E-state index contributed by atoms with van der Waals surface area (Å²) in [6, 6.07) is 5.36. The molecule has 1 aliphatic carbocycles. The van der Waals surface area contributed by atoms with Crippen molar-refractivity contribution in [3.8, 4) is 0 Å². The van der Waals surface area contributed by atoms with Crippen molar-refractivity contribution in [3.63, 3.8) is 0 Å². The highest BCUT2D eigenvalue weighted by Crippen LogP contribution is 2.26. The zero-order chi connectivity index (χ0) is 16.8. The standard InChI is InChI=1S/C19H24O4/c1-3-4-5-6-7-8-9-14-10-11-15-16(12-14)18(22)19(17(15)21)23-13(2)20/h10-12,19H,3-9H2,1-2H3. The van der Waals surface area contributed by atoms with E-state index in [0.29, 0.717) is 11.1 Å². The largest absolute Gasteiger partial charge is 0.446 e. The molecule has 1 aromatic carbocycles. The van der Waals surface area contributed by atoms with Crippen LogP contribution in [-0.2, 0) is 16.0 Å². The van der Waals surface area contributed by atoms with Crippen molar-refractivity contribution < 1.29 is 19.1 Å². The molecule has 124 valence electrons. The van der Waals surface area contributed by atoms with E-state index < -0.39 is 23.6 Å². The lowest BCUT2D eigenvalue weighted by atomic mass is 10.0. The summed E-state index contributed by atoms with van der Waals surface area (Å²) in [5, 5.41) is 0. The molecule has 0 saturated heterocycles. The molecule has 1 atom stereocenters. The smallest absolute Gasteiger partial charge is 0.303 e. The maximum absolute atomic E-state index is 12.2. The van der Waals surface area contributed by atoms with Gasteiger partial charge in [0, 0.05) is 18.1 Å². The van der Waals surface area contributed by atoms with Gasteiger partial charge in [-0.3, -0.25) is 14.4 Å². The summed E-state index contributed by atoms with van der Waals surface area (Å²) in [7, 11) is 0. The summed E-state index contributed by atoms with van der Waals surface area (Å²) >= 11 is 0. The molecule has 23 heavy (non-hydrogen) atoms. The summed E-state index contributed by atoms with van der Waals surface area (Å²) in [6.45, 7) is 3.40. The molecule has 4 nitrogen and oxygen atoms in total. The highest BCUT2D eigenvalue weighted by atomic mass is 16.5. The van der Waals surface area contributed by atoms with Crippen molar-refractivity contribution in [1.82, 2.24) is 0 Å². The van der Waals surface area contributed by atoms with Gasteiger partial charge in [0.1, 0.15) is 0 Å². The van der Waals surface area contributed by atoms with E-state index >= 15 is 0 Å². The van der Waals surface area contributed by atoms with Crippen LogP contribution in [0.1, 0.15) is 78.7 Å². The first-order valence-corrected chi connectivity index (χ1v) is 8.43. The molecule has 4 heteroatoms. The van der Waals surface area contributed by atoms with Crippen LogP contribution in [0.2, 0.25) is 0 Å². The Morgan fingerprint density at radius 2 is 1.65 bits per heavy atom. The number of rotatable bonds is 8. The Bertz CT molecular complexity index is 603. The Balaban J connectivity index is 1.96. The van der Waals surface area contributed by atoms with Crippen LogP contribution in [0.15, 0.2) is 18.2 Å². The molecule has 0 amide bonds. The van der Waals surface area contributed by atoms with Gasteiger partial charge in [-0.25, -0.2) is 0 Å². The van der Waals surface area contributed by atoms with Crippen LogP contribution in [0, 0.1) is 0 Å². The molecule has 1 aromatic rings. The molecule has 0 aromatic heterocycles. The second-order valence-corrected chi connectivity index (χ2v) is 6.12. The van der Waals surface area contributed by atoms with Gasteiger partial charge < -0.3 is 4.74 Å². The number of unbranched alkanes of at least 4 members (excludes halogenated alkanes) is 5. The first-order valence-electron chi connectivity index (χ1n) is 8.43. The van der Waals surface area contributed by atoms with Crippen LogP contribution in [0.25, 0.3) is 0 Å². The van der Waals surface area contributed by atoms with E-state index in [2.05, 4.69) is 6.92 Å². The average molecular weight is 316 g/mol. The van der Waals surface area contributed by atoms with Gasteiger partial charge in [0.2, 0.25) is 17.7 Å². The van der Waals surface area contributed by atoms with Crippen LogP contribution in [-0.4, -0.2) is 23.6 Å². The monoisotopic (exact) mass is 316 g/mol. The Kier molecular flexibility index (Phi) is 6.08. The predicted octanol–water partition coefficient (Wildman–Crippen LogP) is 3.90. The Morgan fingerprint density at radius 3 is 2.35 bits per heavy atom. The first kappa shape index (κ1) is 17.4. The van der Waals surface area contributed by atoms with Crippen LogP contribution in [0.3, 0.4) is 0 Å². The predicted molar refractivity (Wildman–Crippen MR) is 87.7 cm³/mol. The topological polar surface area (TPSA) is 60.4 Å².